The fourth-order valence-corrected chi connectivity index (χ4v) is 2.56. The zero-order valence-electron chi connectivity index (χ0n) is 13.4. The Hall–Kier alpha value is -2.44. The molecule has 0 spiro atoms. The van der Waals surface area contributed by atoms with Gasteiger partial charge in [-0.3, -0.25) is 4.79 Å². The van der Waals surface area contributed by atoms with Gasteiger partial charge in [0.25, 0.3) is 0 Å². The first kappa shape index (κ1) is 16.4. The van der Waals surface area contributed by atoms with Crippen molar-refractivity contribution in [1.82, 2.24) is 0 Å². The van der Waals surface area contributed by atoms with Gasteiger partial charge in [0.15, 0.2) is 17.7 Å². The molecule has 1 fully saturated rings. The predicted molar refractivity (Wildman–Crippen MR) is 83.6 cm³/mol. The van der Waals surface area contributed by atoms with Crippen LogP contribution in [0.2, 0.25) is 0 Å². The predicted octanol–water partition coefficient (Wildman–Crippen LogP) is 2.84. The fraction of sp³-hybridized carbons (Fsp3) is 0.333. The van der Waals surface area contributed by atoms with Crippen LogP contribution in [0.4, 0.5) is 0 Å². The number of rotatable bonds is 5. The number of ether oxygens (including phenoxy) is 3. The summed E-state index contributed by atoms with van der Waals surface area (Å²) >= 11 is 0. The Kier molecular flexibility index (Phi) is 4.51. The van der Waals surface area contributed by atoms with Crippen LogP contribution in [0.25, 0.3) is 0 Å². The minimum Gasteiger partial charge on any atom is -0.472 e. The van der Waals surface area contributed by atoms with E-state index in [9.17, 15) is 9.59 Å². The van der Waals surface area contributed by atoms with E-state index in [1.807, 2.05) is 6.07 Å². The van der Waals surface area contributed by atoms with Crippen molar-refractivity contribution in [3.8, 4) is 0 Å². The lowest BCUT2D eigenvalue weighted by Crippen LogP contribution is -2.35. The molecule has 1 aliphatic rings. The van der Waals surface area contributed by atoms with E-state index in [0.717, 1.165) is 0 Å². The van der Waals surface area contributed by atoms with Crippen LogP contribution in [0.3, 0.4) is 0 Å². The molecule has 126 valence electrons. The van der Waals surface area contributed by atoms with Crippen LogP contribution < -0.4 is 0 Å². The van der Waals surface area contributed by atoms with Gasteiger partial charge in [0.2, 0.25) is 0 Å². The van der Waals surface area contributed by atoms with Gasteiger partial charge in [-0.2, -0.15) is 0 Å². The highest BCUT2D eigenvalue weighted by atomic mass is 16.8. The van der Waals surface area contributed by atoms with Crippen LogP contribution in [0, 0.1) is 0 Å². The summed E-state index contributed by atoms with van der Waals surface area (Å²) in [6.45, 7) is 3.34. The van der Waals surface area contributed by atoms with Crippen molar-refractivity contribution >= 4 is 11.8 Å². The van der Waals surface area contributed by atoms with Crippen molar-refractivity contribution in [3.63, 3.8) is 0 Å². The van der Waals surface area contributed by atoms with Gasteiger partial charge in [-0.15, -0.1) is 0 Å². The second kappa shape index (κ2) is 6.59. The summed E-state index contributed by atoms with van der Waals surface area (Å²) in [5.74, 6) is -1.68. The van der Waals surface area contributed by atoms with Gasteiger partial charge < -0.3 is 18.6 Å². The quantitative estimate of drug-likeness (QED) is 0.620. The maximum absolute atomic E-state index is 12.5. The molecule has 2 atom stereocenters. The Morgan fingerprint density at radius 2 is 1.83 bits per heavy atom. The van der Waals surface area contributed by atoms with Gasteiger partial charge in [-0.1, -0.05) is 18.2 Å². The van der Waals surface area contributed by atoms with Crippen molar-refractivity contribution in [2.45, 2.75) is 31.8 Å². The van der Waals surface area contributed by atoms with Crippen molar-refractivity contribution in [2.75, 3.05) is 6.61 Å². The molecule has 1 aliphatic heterocycles. The van der Waals surface area contributed by atoms with E-state index in [4.69, 9.17) is 18.6 Å². The maximum Gasteiger partial charge on any atom is 0.338 e. The topological polar surface area (TPSA) is 75.0 Å². The zero-order chi connectivity index (χ0) is 17.2. The summed E-state index contributed by atoms with van der Waals surface area (Å²) < 4.78 is 21.6. The van der Waals surface area contributed by atoms with E-state index >= 15 is 0 Å². The first-order valence-electron chi connectivity index (χ1n) is 7.60. The number of carbonyl (C=O) groups is 2. The molecule has 0 N–H and O–H groups in total. The minimum absolute atomic E-state index is 0.0780. The standard InChI is InChI=1S/C18H18O6/c1-18(2)23-14(11-22-17(20)12-6-4-3-5-7-12)16(24-18)15(19)13-8-9-21-10-13/h3-10,14,16H,11H2,1-2H3/t14-,16+/m0/s1. The third kappa shape index (κ3) is 3.55. The molecular formula is C18H18O6. The molecule has 24 heavy (non-hydrogen) atoms. The largest absolute Gasteiger partial charge is 0.472 e. The van der Waals surface area contributed by atoms with E-state index < -0.39 is 24.0 Å². The number of hydrogen-bond acceptors (Lipinski definition) is 6. The van der Waals surface area contributed by atoms with Gasteiger partial charge >= 0.3 is 5.97 Å². The molecule has 1 aromatic carbocycles. The molecule has 1 saturated heterocycles. The van der Waals surface area contributed by atoms with Crippen molar-refractivity contribution in [3.05, 3.63) is 60.1 Å². The van der Waals surface area contributed by atoms with Gasteiger partial charge in [-0.05, 0) is 32.0 Å². The molecule has 0 bridgehead atoms. The first-order valence-corrected chi connectivity index (χ1v) is 7.60. The summed E-state index contributed by atoms with van der Waals surface area (Å²) in [6.07, 6.45) is 1.22. The Labute approximate surface area is 139 Å². The van der Waals surface area contributed by atoms with E-state index in [0.29, 0.717) is 11.1 Å². The van der Waals surface area contributed by atoms with Gasteiger partial charge in [0.1, 0.15) is 19.0 Å². The molecule has 2 aromatic rings. The summed E-state index contributed by atoms with van der Waals surface area (Å²) in [5, 5.41) is 0. The highest BCUT2D eigenvalue weighted by Crippen LogP contribution is 2.30. The van der Waals surface area contributed by atoms with E-state index in [2.05, 4.69) is 0 Å². The highest BCUT2D eigenvalue weighted by Gasteiger charge is 2.46. The van der Waals surface area contributed by atoms with E-state index in [1.54, 1.807) is 44.2 Å². The second-order valence-corrected chi connectivity index (χ2v) is 5.94. The number of furan rings is 1. The molecule has 6 heteroatoms. The lowest BCUT2D eigenvalue weighted by molar-refractivity contribution is -0.146. The van der Waals surface area contributed by atoms with Crippen LogP contribution in [-0.4, -0.2) is 36.4 Å². The molecule has 1 aromatic heterocycles. The Balaban J connectivity index is 1.68. The van der Waals surface area contributed by atoms with Gasteiger partial charge in [-0.25, -0.2) is 4.79 Å². The number of esters is 1. The summed E-state index contributed by atoms with van der Waals surface area (Å²) in [6, 6.07) is 10.2. The summed E-state index contributed by atoms with van der Waals surface area (Å²) in [4.78, 5) is 24.6. The molecule has 0 saturated carbocycles. The molecule has 3 rings (SSSR count). The van der Waals surface area contributed by atoms with Crippen molar-refractivity contribution in [2.24, 2.45) is 0 Å². The summed E-state index contributed by atoms with van der Waals surface area (Å²) in [7, 11) is 0. The number of benzene rings is 1. The Bertz CT molecular complexity index is 704. The minimum atomic E-state index is -0.937. The third-order valence-corrected chi connectivity index (χ3v) is 3.64. The van der Waals surface area contributed by atoms with Crippen LogP contribution in [-0.2, 0) is 14.2 Å². The average molecular weight is 330 g/mol. The van der Waals surface area contributed by atoms with Crippen LogP contribution in [0.1, 0.15) is 34.6 Å². The molecular weight excluding hydrogens is 312 g/mol. The highest BCUT2D eigenvalue weighted by molar-refractivity contribution is 5.99. The third-order valence-electron chi connectivity index (χ3n) is 3.64. The Morgan fingerprint density at radius 1 is 1.08 bits per heavy atom. The van der Waals surface area contributed by atoms with Crippen molar-refractivity contribution < 1.29 is 28.2 Å². The van der Waals surface area contributed by atoms with E-state index in [1.165, 1.54) is 12.5 Å². The lowest BCUT2D eigenvalue weighted by Gasteiger charge is -2.16. The fourth-order valence-electron chi connectivity index (χ4n) is 2.56. The second-order valence-electron chi connectivity index (χ2n) is 5.94. The smallest absolute Gasteiger partial charge is 0.338 e. The molecule has 6 nitrogen and oxygen atoms in total. The number of Topliss-reactive ketones (excluding diaryl/α,β-unsaturated/α-hetero) is 1. The zero-order valence-corrected chi connectivity index (χ0v) is 13.4. The molecule has 0 radical (unpaired) electrons. The van der Waals surface area contributed by atoms with Crippen molar-refractivity contribution in [1.29, 1.82) is 0 Å². The van der Waals surface area contributed by atoms with Crippen LogP contribution >= 0.6 is 0 Å². The number of hydrogen-bond donors (Lipinski definition) is 0. The van der Waals surface area contributed by atoms with Gasteiger partial charge in [0.05, 0.1) is 17.4 Å². The van der Waals surface area contributed by atoms with E-state index in [-0.39, 0.29) is 12.4 Å². The molecule has 0 unspecified atom stereocenters. The summed E-state index contributed by atoms with van der Waals surface area (Å²) in [5.41, 5.74) is 0.828. The molecule has 0 amide bonds. The van der Waals surface area contributed by atoms with Crippen LogP contribution in [0.15, 0.2) is 53.3 Å². The monoisotopic (exact) mass is 330 g/mol. The number of carbonyl (C=O) groups excluding carboxylic acids is 2. The maximum atomic E-state index is 12.5. The average Bonchev–Trinajstić information content (AvgIpc) is 3.20. The van der Waals surface area contributed by atoms with Gasteiger partial charge in [0, 0.05) is 0 Å². The first-order chi connectivity index (χ1) is 11.5. The molecule has 0 aliphatic carbocycles. The normalized spacial score (nSPS) is 22.2. The molecule has 2 heterocycles. The Morgan fingerprint density at radius 3 is 2.50 bits per heavy atom. The van der Waals surface area contributed by atoms with Crippen LogP contribution in [0.5, 0.6) is 0 Å². The SMILES string of the molecule is CC1(C)O[C@@H](COC(=O)c2ccccc2)[C@H](C(=O)c2ccoc2)O1. The number of ketones is 1. The lowest BCUT2D eigenvalue weighted by atomic mass is 10.1.